The first kappa shape index (κ1) is 8.45. The number of hydrogen-bond acceptors (Lipinski definition) is 1. The Kier molecular flexibility index (Phi) is 1.70. The van der Waals surface area contributed by atoms with Crippen molar-refractivity contribution in [1.29, 1.82) is 0 Å². The molecule has 3 rings (SSSR count). The minimum Gasteiger partial charge on any atom is -0.388 e. The van der Waals surface area contributed by atoms with Crippen LogP contribution in [0.4, 0.5) is 0 Å². The molecule has 0 heterocycles. The molecule has 0 aliphatic heterocycles. The minimum atomic E-state index is -0.326. The summed E-state index contributed by atoms with van der Waals surface area (Å²) in [5, 5.41) is 12.3. The molecule has 0 saturated carbocycles. The van der Waals surface area contributed by atoms with E-state index in [-0.39, 0.29) is 6.10 Å². The van der Waals surface area contributed by atoms with Gasteiger partial charge in [0.2, 0.25) is 0 Å². The van der Waals surface area contributed by atoms with Crippen LogP contribution in [0.3, 0.4) is 0 Å². The molecule has 2 heteroatoms. The summed E-state index contributed by atoms with van der Waals surface area (Å²) < 4.78 is 1.11. The fraction of sp³-hybridized carbons (Fsp3) is 0.167. The smallest absolute Gasteiger partial charge is 0.0837 e. The molecule has 1 unspecified atom stereocenters. The van der Waals surface area contributed by atoms with Crippen molar-refractivity contribution >= 4 is 26.7 Å². The SMILES string of the molecule is OC1Cc2c(Br)ccc3cccc1c23. The van der Waals surface area contributed by atoms with E-state index in [1.807, 2.05) is 12.1 Å². The highest BCUT2D eigenvalue weighted by Crippen LogP contribution is 2.40. The Balaban J connectivity index is 2.51. The van der Waals surface area contributed by atoms with E-state index in [0.717, 1.165) is 16.5 Å². The van der Waals surface area contributed by atoms with Crippen molar-refractivity contribution in [3.8, 4) is 0 Å². The maximum absolute atomic E-state index is 9.87. The zero-order valence-corrected chi connectivity index (χ0v) is 9.08. The van der Waals surface area contributed by atoms with Gasteiger partial charge < -0.3 is 5.11 Å². The molecule has 2 aromatic rings. The van der Waals surface area contributed by atoms with E-state index >= 15 is 0 Å². The summed E-state index contributed by atoms with van der Waals surface area (Å²) in [5.41, 5.74) is 2.31. The number of rotatable bonds is 0. The Morgan fingerprint density at radius 2 is 2.07 bits per heavy atom. The van der Waals surface area contributed by atoms with Crippen molar-refractivity contribution in [2.45, 2.75) is 12.5 Å². The van der Waals surface area contributed by atoms with Crippen molar-refractivity contribution in [2.24, 2.45) is 0 Å². The summed E-state index contributed by atoms with van der Waals surface area (Å²) in [6.45, 7) is 0. The van der Waals surface area contributed by atoms with Gasteiger partial charge in [0.25, 0.3) is 0 Å². The van der Waals surface area contributed by atoms with Crippen LogP contribution in [0.15, 0.2) is 34.8 Å². The third kappa shape index (κ3) is 0.983. The summed E-state index contributed by atoms with van der Waals surface area (Å²) in [7, 11) is 0. The van der Waals surface area contributed by atoms with Gasteiger partial charge >= 0.3 is 0 Å². The highest BCUT2D eigenvalue weighted by Gasteiger charge is 2.23. The average Bonchev–Trinajstić information content (AvgIpc) is 2.53. The third-order valence-corrected chi connectivity index (χ3v) is 3.63. The zero-order valence-electron chi connectivity index (χ0n) is 7.50. The summed E-state index contributed by atoms with van der Waals surface area (Å²) in [6.07, 6.45) is 0.407. The number of aliphatic hydroxyl groups excluding tert-OH is 1. The molecule has 1 atom stereocenters. The molecule has 14 heavy (non-hydrogen) atoms. The molecule has 1 aliphatic rings. The van der Waals surface area contributed by atoms with Gasteiger partial charge in [-0.05, 0) is 28.0 Å². The van der Waals surface area contributed by atoms with Gasteiger partial charge in [0.05, 0.1) is 6.10 Å². The third-order valence-electron chi connectivity index (χ3n) is 2.88. The Labute approximate surface area is 90.5 Å². The molecule has 0 fully saturated rings. The molecule has 0 spiro atoms. The molecule has 1 nitrogen and oxygen atoms in total. The normalized spacial score (nSPS) is 19.1. The second kappa shape index (κ2) is 2.81. The Morgan fingerprint density at radius 1 is 1.21 bits per heavy atom. The van der Waals surface area contributed by atoms with E-state index in [9.17, 15) is 5.11 Å². The molecular formula is C12H9BrO. The lowest BCUT2D eigenvalue weighted by Crippen LogP contribution is -1.92. The Bertz CT molecular complexity index is 519. The first-order valence-corrected chi connectivity index (χ1v) is 5.45. The van der Waals surface area contributed by atoms with Crippen LogP contribution >= 0.6 is 15.9 Å². The molecular weight excluding hydrogens is 240 g/mol. The van der Waals surface area contributed by atoms with Crippen molar-refractivity contribution in [2.75, 3.05) is 0 Å². The van der Waals surface area contributed by atoms with E-state index in [1.54, 1.807) is 0 Å². The number of benzene rings is 2. The lowest BCUT2D eigenvalue weighted by molar-refractivity contribution is 0.185. The van der Waals surface area contributed by atoms with Gasteiger partial charge in [-0.1, -0.05) is 40.2 Å². The van der Waals surface area contributed by atoms with Crippen LogP contribution in [0.1, 0.15) is 17.2 Å². The van der Waals surface area contributed by atoms with E-state index in [4.69, 9.17) is 0 Å². The van der Waals surface area contributed by atoms with Gasteiger partial charge in [-0.3, -0.25) is 0 Å². The molecule has 70 valence electrons. The Hall–Kier alpha value is -0.860. The molecule has 0 bridgehead atoms. The monoisotopic (exact) mass is 248 g/mol. The predicted octanol–water partition coefficient (Wildman–Crippen LogP) is 3.19. The fourth-order valence-electron chi connectivity index (χ4n) is 2.24. The second-order valence-corrected chi connectivity index (χ2v) is 4.55. The van der Waals surface area contributed by atoms with Gasteiger partial charge in [-0.25, -0.2) is 0 Å². The minimum absolute atomic E-state index is 0.326. The lowest BCUT2D eigenvalue weighted by atomic mass is 10.1. The van der Waals surface area contributed by atoms with Crippen LogP contribution in [0, 0.1) is 0 Å². The van der Waals surface area contributed by atoms with E-state index in [2.05, 4.69) is 34.1 Å². The van der Waals surface area contributed by atoms with Crippen LogP contribution in [-0.4, -0.2) is 5.11 Å². The first-order chi connectivity index (χ1) is 6.77. The molecule has 1 aliphatic carbocycles. The maximum atomic E-state index is 9.87. The van der Waals surface area contributed by atoms with Crippen molar-refractivity contribution in [1.82, 2.24) is 0 Å². The van der Waals surface area contributed by atoms with Crippen molar-refractivity contribution < 1.29 is 5.11 Å². The standard InChI is InChI=1S/C12H9BrO/c13-10-5-4-7-2-1-3-8-11(14)6-9(10)12(7)8/h1-5,11,14H,6H2. The number of aliphatic hydroxyl groups is 1. The van der Waals surface area contributed by atoms with E-state index in [0.29, 0.717) is 0 Å². The van der Waals surface area contributed by atoms with Gasteiger partial charge in [-0.2, -0.15) is 0 Å². The predicted molar refractivity (Wildman–Crippen MR) is 60.3 cm³/mol. The summed E-state index contributed by atoms with van der Waals surface area (Å²) in [5.74, 6) is 0. The summed E-state index contributed by atoms with van der Waals surface area (Å²) in [6, 6.07) is 10.2. The fourth-order valence-corrected chi connectivity index (χ4v) is 2.73. The van der Waals surface area contributed by atoms with Crippen molar-refractivity contribution in [3.63, 3.8) is 0 Å². The van der Waals surface area contributed by atoms with Gasteiger partial charge in [0.1, 0.15) is 0 Å². The molecule has 2 aromatic carbocycles. The van der Waals surface area contributed by atoms with Gasteiger partial charge in [0.15, 0.2) is 0 Å². The summed E-state index contributed by atoms with van der Waals surface area (Å²) in [4.78, 5) is 0. The topological polar surface area (TPSA) is 20.2 Å². The average molecular weight is 249 g/mol. The van der Waals surface area contributed by atoms with Crippen LogP contribution in [0.25, 0.3) is 10.8 Å². The summed E-state index contributed by atoms with van der Waals surface area (Å²) >= 11 is 3.53. The largest absolute Gasteiger partial charge is 0.388 e. The number of hydrogen-bond donors (Lipinski definition) is 1. The zero-order chi connectivity index (χ0) is 9.71. The van der Waals surface area contributed by atoms with Gasteiger partial charge in [0, 0.05) is 10.9 Å². The molecule has 0 radical (unpaired) electrons. The van der Waals surface area contributed by atoms with E-state index < -0.39 is 0 Å². The second-order valence-electron chi connectivity index (χ2n) is 3.69. The highest BCUT2D eigenvalue weighted by molar-refractivity contribution is 9.10. The van der Waals surface area contributed by atoms with Gasteiger partial charge in [-0.15, -0.1) is 0 Å². The van der Waals surface area contributed by atoms with Crippen LogP contribution in [-0.2, 0) is 6.42 Å². The van der Waals surface area contributed by atoms with E-state index in [1.165, 1.54) is 16.3 Å². The highest BCUT2D eigenvalue weighted by atomic mass is 79.9. The molecule has 0 aromatic heterocycles. The number of halogens is 1. The van der Waals surface area contributed by atoms with Crippen molar-refractivity contribution in [3.05, 3.63) is 45.9 Å². The van der Waals surface area contributed by atoms with Crippen LogP contribution in [0.2, 0.25) is 0 Å². The molecule has 0 saturated heterocycles. The Morgan fingerprint density at radius 3 is 2.93 bits per heavy atom. The quantitative estimate of drug-likeness (QED) is 0.760. The van der Waals surface area contributed by atoms with Crippen LogP contribution < -0.4 is 0 Å². The maximum Gasteiger partial charge on any atom is 0.0837 e. The lowest BCUT2D eigenvalue weighted by Gasteiger charge is -2.02. The first-order valence-electron chi connectivity index (χ1n) is 4.65. The molecule has 0 amide bonds. The van der Waals surface area contributed by atoms with Crippen LogP contribution in [0.5, 0.6) is 0 Å². The molecule has 1 N–H and O–H groups in total.